The third kappa shape index (κ3) is 4.65. The molecule has 1 unspecified atom stereocenters. The molecule has 10 heteroatoms. The van der Waals surface area contributed by atoms with E-state index in [1.54, 1.807) is 30.3 Å². The topological polar surface area (TPSA) is 109 Å². The van der Waals surface area contributed by atoms with Crippen molar-refractivity contribution < 1.29 is 4.79 Å². The van der Waals surface area contributed by atoms with Gasteiger partial charge in [0, 0.05) is 34.7 Å². The molecule has 28 heavy (non-hydrogen) atoms. The number of carbonyl (C=O) groups is 1. The molecular formula is C18H16ClN7OS. The lowest BCUT2D eigenvalue weighted by Gasteiger charge is -2.14. The number of halogens is 1. The van der Waals surface area contributed by atoms with E-state index in [0.29, 0.717) is 33.5 Å². The predicted molar refractivity (Wildman–Crippen MR) is 106 cm³/mol. The summed E-state index contributed by atoms with van der Waals surface area (Å²) >= 11 is 7.20. The van der Waals surface area contributed by atoms with E-state index in [-0.39, 0.29) is 11.8 Å². The van der Waals surface area contributed by atoms with Crippen LogP contribution in [0.2, 0.25) is 5.02 Å². The maximum absolute atomic E-state index is 12.3. The first-order chi connectivity index (χ1) is 13.5. The highest BCUT2D eigenvalue weighted by Gasteiger charge is 2.17. The van der Waals surface area contributed by atoms with E-state index < -0.39 is 0 Å². The fraction of sp³-hybridized carbons (Fsp3) is 0.222. The molecule has 2 aromatic heterocycles. The highest BCUT2D eigenvalue weighted by Crippen LogP contribution is 2.22. The highest BCUT2D eigenvalue weighted by molar-refractivity contribution is 7.97. The molecule has 3 rings (SSSR count). The number of carbonyl (C=O) groups excluding carboxylic acids is 1. The maximum atomic E-state index is 12.3. The van der Waals surface area contributed by atoms with E-state index >= 15 is 0 Å². The van der Waals surface area contributed by atoms with E-state index in [0.717, 1.165) is 5.69 Å². The Kier molecular flexibility index (Phi) is 6.23. The average Bonchev–Trinajstić information content (AvgIpc) is 3.13. The van der Waals surface area contributed by atoms with Crippen LogP contribution in [0.25, 0.3) is 5.82 Å². The van der Waals surface area contributed by atoms with Crippen molar-refractivity contribution >= 4 is 29.5 Å². The highest BCUT2D eigenvalue weighted by atomic mass is 35.5. The number of hydrogen-bond donors (Lipinski definition) is 1. The molecule has 1 N–H and O–H groups in total. The Morgan fingerprint density at radius 2 is 2.11 bits per heavy atom. The molecule has 0 aliphatic carbocycles. The zero-order valence-electron chi connectivity index (χ0n) is 15.1. The van der Waals surface area contributed by atoms with Crippen molar-refractivity contribution in [2.24, 2.45) is 0 Å². The molecule has 8 nitrogen and oxygen atoms in total. The molecule has 0 saturated carbocycles. The van der Waals surface area contributed by atoms with Crippen LogP contribution in [-0.2, 0) is 0 Å². The van der Waals surface area contributed by atoms with Gasteiger partial charge in [0.1, 0.15) is 12.2 Å². The average molecular weight is 414 g/mol. The van der Waals surface area contributed by atoms with Crippen LogP contribution >= 0.6 is 23.5 Å². The van der Waals surface area contributed by atoms with Gasteiger partial charge in [-0.25, -0.2) is 14.6 Å². The Morgan fingerprint density at radius 1 is 1.32 bits per heavy atom. The second-order valence-corrected chi connectivity index (χ2v) is 7.25. The van der Waals surface area contributed by atoms with E-state index in [4.69, 9.17) is 16.9 Å². The van der Waals surface area contributed by atoms with Gasteiger partial charge in [-0.15, -0.1) is 0 Å². The maximum Gasteiger partial charge on any atom is 0.261 e. The molecule has 2 heterocycles. The van der Waals surface area contributed by atoms with E-state index in [9.17, 15) is 4.79 Å². The summed E-state index contributed by atoms with van der Waals surface area (Å²) in [4.78, 5) is 25.2. The fourth-order valence-electron chi connectivity index (χ4n) is 2.47. The van der Waals surface area contributed by atoms with Gasteiger partial charge in [-0.1, -0.05) is 18.5 Å². The first-order valence-corrected chi connectivity index (χ1v) is 9.66. The van der Waals surface area contributed by atoms with Crippen molar-refractivity contribution in [3.8, 4) is 11.9 Å². The third-order valence-electron chi connectivity index (χ3n) is 3.78. The molecule has 0 aliphatic rings. The van der Waals surface area contributed by atoms with Gasteiger partial charge < -0.3 is 0 Å². The van der Waals surface area contributed by atoms with Crippen molar-refractivity contribution in [1.82, 2.24) is 29.5 Å². The second-order valence-electron chi connectivity index (χ2n) is 5.99. The molecule has 0 bridgehead atoms. The van der Waals surface area contributed by atoms with Crippen molar-refractivity contribution in [3.05, 3.63) is 64.6 Å². The Balaban J connectivity index is 1.65. The van der Waals surface area contributed by atoms with Crippen LogP contribution in [0.4, 0.5) is 0 Å². The molecule has 0 fully saturated rings. The van der Waals surface area contributed by atoms with Crippen LogP contribution in [0.3, 0.4) is 0 Å². The number of rotatable bonds is 6. The summed E-state index contributed by atoms with van der Waals surface area (Å²) in [5.74, 6) is 1.49. The van der Waals surface area contributed by atoms with Crippen molar-refractivity contribution in [2.75, 3.05) is 5.75 Å². The Morgan fingerprint density at radius 3 is 2.82 bits per heavy atom. The molecule has 1 atom stereocenters. The number of amides is 1. The van der Waals surface area contributed by atoms with Gasteiger partial charge in [0.2, 0.25) is 0 Å². The summed E-state index contributed by atoms with van der Waals surface area (Å²) in [7, 11) is 0. The minimum atomic E-state index is -0.317. The number of aromatic nitrogens is 5. The van der Waals surface area contributed by atoms with Crippen LogP contribution in [0, 0.1) is 18.3 Å². The van der Waals surface area contributed by atoms with Crippen molar-refractivity contribution in [2.45, 2.75) is 19.8 Å². The van der Waals surface area contributed by atoms with Gasteiger partial charge in [0.05, 0.1) is 17.3 Å². The van der Waals surface area contributed by atoms with Crippen molar-refractivity contribution in [1.29, 1.82) is 5.26 Å². The first-order valence-electron chi connectivity index (χ1n) is 8.30. The zero-order valence-corrected chi connectivity index (χ0v) is 16.7. The normalized spacial score (nSPS) is 11.6. The van der Waals surface area contributed by atoms with Gasteiger partial charge in [-0.05, 0) is 37.1 Å². The molecule has 0 aliphatic heterocycles. The van der Waals surface area contributed by atoms with Crippen LogP contribution < -0.4 is 4.72 Å². The van der Waals surface area contributed by atoms with Gasteiger partial charge >= 0.3 is 0 Å². The quantitative estimate of drug-likeness (QED) is 0.618. The predicted octanol–water partition coefficient (Wildman–Crippen LogP) is 3.07. The Labute approximate surface area is 171 Å². The third-order valence-corrected chi connectivity index (χ3v) is 5.00. The molecule has 1 aromatic carbocycles. The van der Waals surface area contributed by atoms with Crippen LogP contribution in [0.1, 0.15) is 40.3 Å². The molecule has 142 valence electrons. The molecule has 0 saturated heterocycles. The summed E-state index contributed by atoms with van der Waals surface area (Å²) in [6.45, 7) is 3.79. The molecule has 1 amide bonds. The van der Waals surface area contributed by atoms with Crippen LogP contribution in [-0.4, -0.2) is 36.4 Å². The smallest absolute Gasteiger partial charge is 0.261 e. The molecule has 0 radical (unpaired) electrons. The summed E-state index contributed by atoms with van der Waals surface area (Å²) < 4.78 is 4.36. The van der Waals surface area contributed by atoms with Crippen LogP contribution in [0.5, 0.6) is 0 Å². The second kappa shape index (κ2) is 8.82. The number of nitriles is 1. The Bertz CT molecular complexity index is 1050. The van der Waals surface area contributed by atoms with Crippen LogP contribution in [0.15, 0.2) is 36.9 Å². The molecular weight excluding hydrogens is 398 g/mol. The number of nitrogens with zero attached hydrogens (tertiary/aromatic N) is 6. The molecule has 0 spiro atoms. The number of benzene rings is 1. The Hall–Kier alpha value is -2.96. The number of aryl methyl sites for hydroxylation is 1. The summed E-state index contributed by atoms with van der Waals surface area (Å²) in [6, 6.07) is 6.51. The first kappa shape index (κ1) is 19.8. The number of hydrogen-bond acceptors (Lipinski definition) is 7. The SMILES string of the molecule is Cc1ncn(-c2nccnc2C(C)CSNC(=O)c2cc(Cl)cc(C#N)c2)n1. The standard InChI is InChI=1S/C18H16ClN7OS/c1-11(16-17(22-4-3-21-16)26-10-23-12(2)24-26)9-28-25-18(27)14-5-13(8-20)6-15(19)7-14/h3-7,10-11H,9H2,1-2H3,(H,25,27). The van der Waals surface area contributed by atoms with Gasteiger partial charge in [-0.3, -0.25) is 14.5 Å². The minimum absolute atomic E-state index is 0.00691. The van der Waals surface area contributed by atoms with Crippen molar-refractivity contribution in [3.63, 3.8) is 0 Å². The minimum Gasteiger partial charge on any atom is -0.296 e. The summed E-state index contributed by atoms with van der Waals surface area (Å²) in [5.41, 5.74) is 1.43. The van der Waals surface area contributed by atoms with E-state index in [1.807, 2.05) is 13.0 Å². The lowest BCUT2D eigenvalue weighted by molar-refractivity contribution is 0.0984. The largest absolute Gasteiger partial charge is 0.296 e. The zero-order chi connectivity index (χ0) is 20.1. The lowest BCUT2D eigenvalue weighted by Crippen LogP contribution is -2.18. The summed E-state index contributed by atoms with van der Waals surface area (Å²) in [6.07, 6.45) is 4.82. The van der Waals surface area contributed by atoms with E-state index in [1.165, 1.54) is 30.1 Å². The fourth-order valence-corrected chi connectivity index (χ4v) is 3.44. The van der Waals surface area contributed by atoms with E-state index in [2.05, 4.69) is 24.8 Å². The van der Waals surface area contributed by atoms with Gasteiger partial charge in [0.25, 0.3) is 5.91 Å². The summed E-state index contributed by atoms with van der Waals surface area (Å²) in [5, 5.41) is 13.6. The lowest BCUT2D eigenvalue weighted by atomic mass is 10.1. The monoisotopic (exact) mass is 413 g/mol. The number of nitrogens with one attached hydrogen (secondary N) is 1. The molecule has 3 aromatic rings. The van der Waals surface area contributed by atoms with Gasteiger partial charge in [0.15, 0.2) is 5.82 Å². The van der Waals surface area contributed by atoms with Gasteiger partial charge in [-0.2, -0.15) is 10.4 Å².